The zero-order chi connectivity index (χ0) is 17.6. The number of hydrogen-bond donors (Lipinski definition) is 0. The molecule has 0 aliphatic heterocycles. The van der Waals surface area contributed by atoms with Crippen LogP contribution in [0.25, 0.3) is 11.2 Å². The Bertz CT molecular complexity index is 911. The average molecular weight is 361 g/mol. The van der Waals surface area contributed by atoms with Gasteiger partial charge in [0.2, 0.25) is 0 Å². The van der Waals surface area contributed by atoms with E-state index in [1.165, 1.54) is 6.33 Å². The first-order chi connectivity index (χ1) is 12.2. The maximum atomic E-state index is 13.1. The maximum absolute atomic E-state index is 13.1. The van der Waals surface area contributed by atoms with Crippen LogP contribution in [0, 0.1) is 0 Å². The molecule has 2 aromatic heterocycles. The van der Waals surface area contributed by atoms with Crippen molar-refractivity contribution < 1.29 is 13.9 Å². The fourth-order valence-corrected chi connectivity index (χ4v) is 2.43. The molecule has 0 aliphatic rings. The summed E-state index contributed by atoms with van der Waals surface area (Å²) in [5.41, 5.74) is 1.84. The van der Waals surface area contributed by atoms with E-state index >= 15 is 0 Å². The Morgan fingerprint density at radius 2 is 2.04 bits per heavy atom. The van der Waals surface area contributed by atoms with Crippen molar-refractivity contribution in [2.45, 2.75) is 13.0 Å². The van der Waals surface area contributed by atoms with Crippen molar-refractivity contribution in [2.24, 2.45) is 0 Å². The second kappa shape index (κ2) is 7.85. The van der Waals surface area contributed by atoms with Gasteiger partial charge in [-0.2, -0.15) is 0 Å². The summed E-state index contributed by atoms with van der Waals surface area (Å²) in [6.45, 7) is 0.301. The van der Waals surface area contributed by atoms with Gasteiger partial charge in [0, 0.05) is 6.54 Å². The van der Waals surface area contributed by atoms with E-state index in [4.69, 9.17) is 16.3 Å². The van der Waals surface area contributed by atoms with Gasteiger partial charge in [0.25, 0.3) is 0 Å². The molecule has 0 bridgehead atoms. The molecule has 25 heavy (non-hydrogen) atoms. The first kappa shape index (κ1) is 17.0. The normalized spacial score (nSPS) is 11.7. The summed E-state index contributed by atoms with van der Waals surface area (Å²) in [4.78, 5) is 24.0. The molecule has 0 unspecified atom stereocenters. The summed E-state index contributed by atoms with van der Waals surface area (Å²) >= 11 is 5.95. The van der Waals surface area contributed by atoms with E-state index in [1.54, 1.807) is 41.2 Å². The van der Waals surface area contributed by atoms with Crippen molar-refractivity contribution >= 4 is 28.7 Å². The lowest BCUT2D eigenvalue weighted by molar-refractivity contribution is 0.0536. The van der Waals surface area contributed by atoms with E-state index in [9.17, 15) is 9.18 Å². The lowest BCUT2D eigenvalue weighted by atomic mass is 10.2. The van der Waals surface area contributed by atoms with Crippen molar-refractivity contribution in [3.8, 4) is 0 Å². The van der Waals surface area contributed by atoms with Crippen LogP contribution in [0.1, 0.15) is 16.8 Å². The minimum absolute atomic E-state index is 0.118. The first-order valence-corrected chi connectivity index (χ1v) is 7.88. The predicted molar refractivity (Wildman–Crippen MR) is 90.9 cm³/mol. The van der Waals surface area contributed by atoms with Gasteiger partial charge >= 0.3 is 5.97 Å². The van der Waals surface area contributed by atoms with Crippen LogP contribution >= 0.6 is 11.6 Å². The molecule has 0 radical (unpaired) electrons. The molecule has 0 spiro atoms. The van der Waals surface area contributed by atoms with E-state index in [2.05, 4.69) is 15.0 Å². The Balaban J connectivity index is 1.59. The number of aromatic nitrogens is 4. The molecule has 0 fully saturated rings. The number of fused-ring (bicyclic) bond motifs is 1. The van der Waals surface area contributed by atoms with E-state index in [1.807, 2.05) is 0 Å². The smallest absolute Gasteiger partial charge is 0.338 e. The number of rotatable bonds is 6. The molecule has 0 amide bonds. The van der Waals surface area contributed by atoms with Crippen molar-refractivity contribution in [3.63, 3.8) is 0 Å². The van der Waals surface area contributed by atoms with Gasteiger partial charge < -0.3 is 9.30 Å². The molecule has 0 saturated heterocycles. The molecule has 3 rings (SSSR count). The van der Waals surface area contributed by atoms with Gasteiger partial charge in [0.1, 0.15) is 18.5 Å². The van der Waals surface area contributed by atoms with E-state index < -0.39 is 5.97 Å². The van der Waals surface area contributed by atoms with Gasteiger partial charge in [0.05, 0.1) is 18.2 Å². The largest absolute Gasteiger partial charge is 0.457 e. The van der Waals surface area contributed by atoms with E-state index in [-0.39, 0.29) is 11.8 Å². The molecule has 128 valence electrons. The molecule has 2 heterocycles. The predicted octanol–water partition coefficient (Wildman–Crippen LogP) is 3.58. The lowest BCUT2D eigenvalue weighted by Crippen LogP contribution is -2.09. The van der Waals surface area contributed by atoms with Crippen LogP contribution in [-0.2, 0) is 11.3 Å². The number of carbonyl (C=O) groups is 1. The molecule has 0 aliphatic carbocycles. The number of carbonyl (C=O) groups excluding carboxylic acids is 1. The van der Waals surface area contributed by atoms with E-state index in [0.717, 1.165) is 0 Å². The van der Waals surface area contributed by atoms with Crippen molar-refractivity contribution in [1.82, 2.24) is 19.5 Å². The molecular formula is C17H14ClFN4O2. The number of esters is 1. The van der Waals surface area contributed by atoms with Crippen LogP contribution in [0.15, 0.2) is 54.9 Å². The zero-order valence-electron chi connectivity index (χ0n) is 13.1. The lowest BCUT2D eigenvalue weighted by Gasteiger charge is -2.08. The van der Waals surface area contributed by atoms with Crippen LogP contribution in [0.3, 0.4) is 0 Å². The highest BCUT2D eigenvalue weighted by Crippen LogP contribution is 2.18. The molecule has 6 nitrogen and oxygen atoms in total. The minimum Gasteiger partial charge on any atom is -0.457 e. The highest BCUT2D eigenvalue weighted by Gasteiger charge is 2.11. The number of benzene rings is 1. The Morgan fingerprint density at radius 1 is 1.24 bits per heavy atom. The third-order valence-corrected chi connectivity index (χ3v) is 3.86. The molecule has 0 atom stereocenters. The number of imidazole rings is 1. The van der Waals surface area contributed by atoms with Crippen molar-refractivity contribution in [2.75, 3.05) is 6.61 Å². The fraction of sp³-hybridized carbons (Fsp3) is 0.176. The number of halogens is 2. The molecule has 3 aromatic rings. The molecule has 8 heteroatoms. The van der Waals surface area contributed by atoms with Crippen LogP contribution in [-0.4, -0.2) is 32.1 Å². The summed E-state index contributed by atoms with van der Waals surface area (Å²) in [6.07, 6.45) is 3.71. The van der Waals surface area contributed by atoms with Gasteiger partial charge in [-0.1, -0.05) is 29.8 Å². The Morgan fingerprint density at radius 3 is 2.80 bits per heavy atom. The summed E-state index contributed by atoms with van der Waals surface area (Å²) in [5.74, 6) is -0.493. The summed E-state index contributed by atoms with van der Waals surface area (Å²) in [6, 6.07) is 8.55. The molecular weight excluding hydrogens is 347 g/mol. The second-order valence-corrected chi connectivity index (χ2v) is 5.59. The number of aryl methyl sites for hydroxylation is 1. The first-order valence-electron chi connectivity index (χ1n) is 7.50. The monoisotopic (exact) mass is 360 g/mol. The fourth-order valence-electron chi connectivity index (χ4n) is 2.25. The SMILES string of the molecule is O=C(OC/C(=C/F)CCn1cnc2c(Cl)ncnc21)c1ccccc1. The summed E-state index contributed by atoms with van der Waals surface area (Å²) in [5, 5.41) is 0.266. The Hall–Kier alpha value is -2.80. The third-order valence-electron chi connectivity index (χ3n) is 3.58. The van der Waals surface area contributed by atoms with Crippen LogP contribution < -0.4 is 0 Å². The summed E-state index contributed by atoms with van der Waals surface area (Å²) in [7, 11) is 0. The van der Waals surface area contributed by atoms with Gasteiger partial charge in [-0.25, -0.2) is 24.1 Å². The van der Waals surface area contributed by atoms with Crippen LogP contribution in [0.4, 0.5) is 4.39 Å². The molecule has 0 saturated carbocycles. The van der Waals surface area contributed by atoms with Gasteiger partial charge in [0.15, 0.2) is 10.8 Å². The average Bonchev–Trinajstić information content (AvgIpc) is 3.07. The number of hydrogen-bond acceptors (Lipinski definition) is 5. The zero-order valence-corrected chi connectivity index (χ0v) is 13.9. The van der Waals surface area contributed by atoms with Crippen LogP contribution in [0.5, 0.6) is 0 Å². The molecule has 1 aromatic carbocycles. The quantitative estimate of drug-likeness (QED) is 0.496. The second-order valence-electron chi connectivity index (χ2n) is 5.23. The maximum Gasteiger partial charge on any atom is 0.338 e. The van der Waals surface area contributed by atoms with Crippen molar-refractivity contribution in [3.05, 3.63) is 65.6 Å². The minimum atomic E-state index is -0.493. The third kappa shape index (κ3) is 4.00. The Labute approximate surface area is 147 Å². The van der Waals surface area contributed by atoms with E-state index in [0.29, 0.717) is 41.6 Å². The standard InChI is InChI=1S/C17H14ClFN4O2/c18-15-14-16(21-10-20-15)23(11-22-14)7-6-12(8-19)9-25-17(24)13-4-2-1-3-5-13/h1-5,8,10-11H,6-7,9H2/b12-8+. The Kier molecular flexibility index (Phi) is 5.35. The highest BCUT2D eigenvalue weighted by molar-refractivity contribution is 6.33. The van der Waals surface area contributed by atoms with Gasteiger partial charge in [-0.05, 0) is 24.1 Å². The van der Waals surface area contributed by atoms with Gasteiger partial charge in [-0.3, -0.25) is 0 Å². The summed E-state index contributed by atoms with van der Waals surface area (Å²) < 4.78 is 20.0. The number of ether oxygens (including phenoxy) is 1. The topological polar surface area (TPSA) is 69.9 Å². The molecule has 0 N–H and O–H groups in total. The number of nitrogens with zero attached hydrogens (tertiary/aromatic N) is 4. The van der Waals surface area contributed by atoms with Gasteiger partial charge in [-0.15, -0.1) is 0 Å². The van der Waals surface area contributed by atoms with Crippen molar-refractivity contribution in [1.29, 1.82) is 0 Å². The van der Waals surface area contributed by atoms with Crippen LogP contribution in [0.2, 0.25) is 5.15 Å². The highest BCUT2D eigenvalue weighted by atomic mass is 35.5.